The van der Waals surface area contributed by atoms with Gasteiger partial charge < -0.3 is 25.2 Å². The average molecular weight is 162 g/mol. The molecule has 1 aliphatic heterocycles. The van der Waals surface area contributed by atoms with Gasteiger partial charge in [-0.1, -0.05) is 0 Å². The Balaban J connectivity index is 2.21. The minimum Gasteiger partial charge on any atom is -0.390 e. The van der Waals surface area contributed by atoms with E-state index in [9.17, 15) is 10.2 Å². The van der Waals surface area contributed by atoms with Gasteiger partial charge in [0, 0.05) is 6.42 Å². The number of ether oxygens (including phenoxy) is 1. The summed E-state index contributed by atoms with van der Waals surface area (Å²) in [6.07, 6.45) is -2.02. The van der Waals surface area contributed by atoms with Gasteiger partial charge in [0.15, 0.2) is 0 Å². The van der Waals surface area contributed by atoms with Crippen LogP contribution in [0.2, 0.25) is 0 Å². The number of aliphatic hydroxyl groups is 4. The van der Waals surface area contributed by atoms with Gasteiger partial charge in [0.25, 0.3) is 5.79 Å². The van der Waals surface area contributed by atoms with Gasteiger partial charge in [-0.3, -0.25) is 0 Å². The smallest absolute Gasteiger partial charge is 0.253 e. The van der Waals surface area contributed by atoms with Crippen LogP contribution in [0.5, 0.6) is 0 Å². The van der Waals surface area contributed by atoms with Crippen molar-refractivity contribution in [3.8, 4) is 0 Å². The Hall–Kier alpha value is -0.200. The summed E-state index contributed by atoms with van der Waals surface area (Å²) >= 11 is 0. The molecule has 0 aromatic carbocycles. The molecule has 1 heterocycles. The molecule has 2 aliphatic rings. The molecule has 1 aliphatic carbocycles. The van der Waals surface area contributed by atoms with E-state index in [1.807, 2.05) is 0 Å². The molecule has 2 rings (SSSR count). The fourth-order valence-electron chi connectivity index (χ4n) is 1.52. The van der Waals surface area contributed by atoms with Crippen LogP contribution in [0.15, 0.2) is 0 Å². The van der Waals surface area contributed by atoms with Gasteiger partial charge in [0.2, 0.25) is 5.79 Å². The number of hydrogen-bond donors (Lipinski definition) is 4. The summed E-state index contributed by atoms with van der Waals surface area (Å²) < 4.78 is 4.54. The molecule has 0 unspecified atom stereocenters. The molecule has 1 saturated heterocycles. The average Bonchev–Trinajstić information content (AvgIpc) is 2.50. The Kier molecular flexibility index (Phi) is 1.19. The quantitative estimate of drug-likeness (QED) is 0.306. The van der Waals surface area contributed by atoms with E-state index in [-0.39, 0.29) is 12.8 Å². The van der Waals surface area contributed by atoms with Gasteiger partial charge in [-0.25, -0.2) is 0 Å². The molecule has 4 atom stereocenters. The lowest BCUT2D eigenvalue weighted by atomic mass is 9.90. The lowest BCUT2D eigenvalue weighted by molar-refractivity contribution is -0.145. The van der Waals surface area contributed by atoms with Gasteiger partial charge in [-0.05, 0) is 6.42 Å². The molecular formula is C6H10O5. The van der Waals surface area contributed by atoms with Crippen molar-refractivity contribution in [3.05, 3.63) is 0 Å². The predicted molar refractivity (Wildman–Crippen MR) is 32.2 cm³/mol. The van der Waals surface area contributed by atoms with E-state index in [0.717, 1.165) is 0 Å². The summed E-state index contributed by atoms with van der Waals surface area (Å²) in [5, 5.41) is 36.7. The molecule has 11 heavy (non-hydrogen) atoms. The zero-order chi connectivity index (χ0) is 8.28. The SMILES string of the molecule is O[C@@H]1[C@@H](O)CC[C@@]2(O)O[C@]12O. The van der Waals surface area contributed by atoms with Crippen LogP contribution in [0.25, 0.3) is 0 Å². The summed E-state index contributed by atoms with van der Waals surface area (Å²) in [5.74, 6) is -3.55. The van der Waals surface area contributed by atoms with Gasteiger partial charge in [-0.15, -0.1) is 0 Å². The monoisotopic (exact) mass is 162 g/mol. The van der Waals surface area contributed by atoms with Crippen molar-refractivity contribution >= 4 is 0 Å². The van der Waals surface area contributed by atoms with Crippen LogP contribution in [0.4, 0.5) is 0 Å². The maximum Gasteiger partial charge on any atom is 0.253 e. The maximum absolute atomic E-state index is 9.26. The van der Waals surface area contributed by atoms with Crippen LogP contribution in [-0.4, -0.2) is 44.2 Å². The second-order valence-electron chi connectivity index (χ2n) is 3.13. The van der Waals surface area contributed by atoms with Crippen LogP contribution in [0.3, 0.4) is 0 Å². The largest absolute Gasteiger partial charge is 0.390 e. The maximum atomic E-state index is 9.26. The van der Waals surface area contributed by atoms with Gasteiger partial charge >= 0.3 is 0 Å². The summed E-state index contributed by atoms with van der Waals surface area (Å²) in [6, 6.07) is 0. The first kappa shape index (κ1) is 7.45. The van der Waals surface area contributed by atoms with Crippen molar-refractivity contribution < 1.29 is 25.2 Å². The molecule has 5 heteroatoms. The van der Waals surface area contributed by atoms with Crippen LogP contribution in [0.1, 0.15) is 12.8 Å². The third-order valence-electron chi connectivity index (χ3n) is 2.39. The normalized spacial score (nSPS) is 62.2. The molecule has 4 N–H and O–H groups in total. The second-order valence-corrected chi connectivity index (χ2v) is 3.13. The van der Waals surface area contributed by atoms with Crippen molar-refractivity contribution in [2.24, 2.45) is 0 Å². The van der Waals surface area contributed by atoms with Crippen LogP contribution < -0.4 is 0 Å². The van der Waals surface area contributed by atoms with Crippen molar-refractivity contribution in [2.45, 2.75) is 36.6 Å². The topological polar surface area (TPSA) is 93.5 Å². The third kappa shape index (κ3) is 0.719. The zero-order valence-corrected chi connectivity index (χ0v) is 5.77. The Morgan fingerprint density at radius 1 is 1.27 bits per heavy atom. The van der Waals surface area contributed by atoms with Crippen LogP contribution >= 0.6 is 0 Å². The molecule has 0 aromatic rings. The highest BCUT2D eigenvalue weighted by Gasteiger charge is 2.76. The first-order chi connectivity index (χ1) is 5.00. The summed E-state index contributed by atoms with van der Waals surface area (Å²) in [5.41, 5.74) is 0. The Bertz CT molecular complexity index is 191. The third-order valence-corrected chi connectivity index (χ3v) is 2.39. The lowest BCUT2D eigenvalue weighted by Gasteiger charge is -2.26. The van der Waals surface area contributed by atoms with E-state index in [4.69, 9.17) is 10.2 Å². The number of hydrogen-bond acceptors (Lipinski definition) is 5. The van der Waals surface area contributed by atoms with Crippen molar-refractivity contribution in [2.75, 3.05) is 0 Å². The lowest BCUT2D eigenvalue weighted by Crippen LogP contribution is -2.49. The number of aliphatic hydroxyl groups excluding tert-OH is 2. The van der Waals surface area contributed by atoms with Crippen molar-refractivity contribution in [1.82, 2.24) is 0 Å². The molecule has 0 amide bonds. The minimum atomic E-state index is -1.93. The number of epoxide rings is 1. The highest BCUT2D eigenvalue weighted by Crippen LogP contribution is 2.53. The predicted octanol–water partition coefficient (Wildman–Crippen LogP) is -2.09. The van der Waals surface area contributed by atoms with Gasteiger partial charge in [0.1, 0.15) is 6.10 Å². The molecule has 64 valence electrons. The highest BCUT2D eigenvalue weighted by atomic mass is 16.8. The second kappa shape index (κ2) is 1.75. The molecule has 0 bridgehead atoms. The Morgan fingerprint density at radius 2 is 1.91 bits per heavy atom. The van der Waals surface area contributed by atoms with E-state index in [1.165, 1.54) is 0 Å². The number of rotatable bonds is 0. The first-order valence-corrected chi connectivity index (χ1v) is 3.51. The van der Waals surface area contributed by atoms with Crippen molar-refractivity contribution in [1.29, 1.82) is 0 Å². The van der Waals surface area contributed by atoms with Gasteiger partial charge in [0.05, 0.1) is 6.10 Å². The zero-order valence-electron chi connectivity index (χ0n) is 5.77. The standard InChI is InChI=1S/C6H10O5/c7-3-1-2-5(9)6(10,11-5)4(3)8/h3-4,7-10H,1-2H2/t3-,4+,5+,6+/m0/s1. The molecule has 5 nitrogen and oxygen atoms in total. The molecule has 2 fully saturated rings. The first-order valence-electron chi connectivity index (χ1n) is 3.51. The van der Waals surface area contributed by atoms with E-state index >= 15 is 0 Å². The van der Waals surface area contributed by atoms with E-state index in [0.29, 0.717) is 0 Å². The Morgan fingerprint density at radius 3 is 2.45 bits per heavy atom. The highest BCUT2D eigenvalue weighted by molar-refractivity contribution is 5.10. The molecular weight excluding hydrogens is 152 g/mol. The molecule has 0 radical (unpaired) electrons. The summed E-state index contributed by atoms with van der Waals surface area (Å²) in [6.45, 7) is 0. The Labute approximate surface area is 62.8 Å². The van der Waals surface area contributed by atoms with E-state index in [1.54, 1.807) is 0 Å². The van der Waals surface area contributed by atoms with Gasteiger partial charge in [-0.2, -0.15) is 0 Å². The number of fused-ring (bicyclic) bond motifs is 1. The van der Waals surface area contributed by atoms with E-state index < -0.39 is 23.8 Å². The van der Waals surface area contributed by atoms with E-state index in [2.05, 4.69) is 4.74 Å². The van der Waals surface area contributed by atoms with Crippen LogP contribution in [-0.2, 0) is 4.74 Å². The molecule has 0 aromatic heterocycles. The molecule has 0 spiro atoms. The van der Waals surface area contributed by atoms with Crippen LogP contribution in [0, 0.1) is 0 Å². The fraction of sp³-hybridized carbons (Fsp3) is 1.00. The summed E-state index contributed by atoms with van der Waals surface area (Å²) in [7, 11) is 0. The summed E-state index contributed by atoms with van der Waals surface area (Å²) in [4.78, 5) is 0. The minimum absolute atomic E-state index is 0.154. The molecule has 1 saturated carbocycles. The fourth-order valence-corrected chi connectivity index (χ4v) is 1.52. The van der Waals surface area contributed by atoms with Crippen molar-refractivity contribution in [3.63, 3.8) is 0 Å².